The predicted octanol–water partition coefficient (Wildman–Crippen LogP) is 2.96. The molecule has 0 aliphatic carbocycles. The average Bonchev–Trinajstić information content (AvgIpc) is 2.97. The van der Waals surface area contributed by atoms with E-state index in [1.165, 1.54) is 6.20 Å². The monoisotopic (exact) mass is 321 g/mol. The molecule has 0 atom stereocenters. The highest BCUT2D eigenvalue weighted by molar-refractivity contribution is 6.35. The van der Waals surface area contributed by atoms with Gasteiger partial charge in [-0.3, -0.25) is 4.98 Å². The molecule has 0 bridgehead atoms. The van der Waals surface area contributed by atoms with Gasteiger partial charge in [-0.15, -0.1) is 0 Å². The van der Waals surface area contributed by atoms with Gasteiger partial charge in [0, 0.05) is 18.9 Å². The van der Waals surface area contributed by atoms with Crippen LogP contribution in [0.4, 0.5) is 0 Å². The minimum absolute atomic E-state index is 0.274. The summed E-state index contributed by atoms with van der Waals surface area (Å²) in [5, 5.41) is 4.64. The van der Waals surface area contributed by atoms with E-state index in [-0.39, 0.29) is 11.7 Å². The van der Waals surface area contributed by atoms with E-state index < -0.39 is 0 Å². The van der Waals surface area contributed by atoms with Gasteiger partial charge in [-0.05, 0) is 17.7 Å². The molecule has 0 unspecified atom stereocenters. The van der Waals surface area contributed by atoms with Gasteiger partial charge in [0.25, 0.3) is 5.89 Å². The lowest BCUT2D eigenvalue weighted by molar-refractivity contribution is 0.431. The molecule has 3 heterocycles. The lowest BCUT2D eigenvalue weighted by Gasteiger charge is -1.97. The fourth-order valence-electron chi connectivity index (χ4n) is 1.67. The van der Waals surface area contributed by atoms with Gasteiger partial charge >= 0.3 is 0 Å². The zero-order valence-corrected chi connectivity index (χ0v) is 12.1. The second-order valence-electron chi connectivity index (χ2n) is 4.16. The van der Waals surface area contributed by atoms with Crippen LogP contribution in [0.15, 0.2) is 35.1 Å². The molecule has 0 amide bonds. The molecule has 3 rings (SSSR count). The van der Waals surface area contributed by atoms with Crippen molar-refractivity contribution in [1.29, 1.82) is 0 Å². The minimum Gasteiger partial charge on any atom is -0.332 e. The number of nitrogens with zero attached hydrogens (tertiary/aromatic N) is 4. The number of rotatable bonds is 3. The van der Waals surface area contributed by atoms with E-state index in [1.807, 2.05) is 6.07 Å². The third-order valence-electron chi connectivity index (χ3n) is 2.73. The first-order valence-corrected chi connectivity index (χ1v) is 6.73. The zero-order chi connectivity index (χ0) is 14.8. The van der Waals surface area contributed by atoms with Crippen molar-refractivity contribution < 1.29 is 4.52 Å². The average molecular weight is 322 g/mol. The van der Waals surface area contributed by atoms with Crippen LogP contribution in [0.3, 0.4) is 0 Å². The lowest BCUT2D eigenvalue weighted by atomic mass is 10.2. The van der Waals surface area contributed by atoms with E-state index in [4.69, 9.17) is 33.5 Å². The molecule has 106 valence electrons. The fourth-order valence-corrected chi connectivity index (χ4v) is 2.14. The summed E-state index contributed by atoms with van der Waals surface area (Å²) >= 11 is 11.9. The highest BCUT2D eigenvalue weighted by atomic mass is 35.5. The number of hydrogen-bond donors (Lipinski definition) is 1. The molecule has 0 saturated carbocycles. The third kappa shape index (κ3) is 2.87. The first kappa shape index (κ1) is 13.9. The summed E-state index contributed by atoms with van der Waals surface area (Å²) in [6, 6.07) is 5.17. The second-order valence-corrected chi connectivity index (χ2v) is 5.01. The topological polar surface area (TPSA) is 90.7 Å². The van der Waals surface area contributed by atoms with Crippen LogP contribution in [0.1, 0.15) is 5.56 Å². The standard InChI is InChI=1S/C13H9Cl2N5O/c14-8-3-9(15)11(18-6-8)12-19-13(21-20-12)10-2-1-7(4-16)5-17-10/h1-3,5-6H,4,16H2. The second kappa shape index (κ2) is 5.77. The molecule has 3 aromatic rings. The molecule has 8 heteroatoms. The summed E-state index contributed by atoms with van der Waals surface area (Å²) in [6.45, 7) is 0.423. The lowest BCUT2D eigenvalue weighted by Crippen LogP contribution is -1.96. The van der Waals surface area contributed by atoms with E-state index >= 15 is 0 Å². The van der Waals surface area contributed by atoms with Crippen LogP contribution in [0.25, 0.3) is 23.1 Å². The molecule has 3 aromatic heterocycles. The van der Waals surface area contributed by atoms with Crippen molar-refractivity contribution in [3.8, 4) is 23.1 Å². The highest BCUT2D eigenvalue weighted by Gasteiger charge is 2.15. The highest BCUT2D eigenvalue weighted by Crippen LogP contribution is 2.27. The quantitative estimate of drug-likeness (QED) is 0.797. The molecular weight excluding hydrogens is 313 g/mol. The third-order valence-corrected chi connectivity index (χ3v) is 3.22. The molecule has 0 fully saturated rings. The van der Waals surface area contributed by atoms with Gasteiger partial charge in [-0.1, -0.05) is 34.4 Å². The minimum atomic E-state index is 0.274. The molecule has 0 radical (unpaired) electrons. The van der Waals surface area contributed by atoms with Crippen LogP contribution >= 0.6 is 23.2 Å². The molecule has 0 aliphatic heterocycles. The summed E-state index contributed by atoms with van der Waals surface area (Å²) in [5.74, 6) is 0.553. The number of nitrogens with two attached hydrogens (primary N) is 1. The van der Waals surface area contributed by atoms with Crippen molar-refractivity contribution in [2.45, 2.75) is 6.54 Å². The van der Waals surface area contributed by atoms with Crippen LogP contribution in [0, 0.1) is 0 Å². The predicted molar refractivity (Wildman–Crippen MR) is 78.7 cm³/mol. The van der Waals surface area contributed by atoms with Crippen molar-refractivity contribution in [2.75, 3.05) is 0 Å². The van der Waals surface area contributed by atoms with Crippen LogP contribution in [0.5, 0.6) is 0 Å². The number of pyridine rings is 2. The molecular formula is C13H9Cl2N5O. The molecule has 21 heavy (non-hydrogen) atoms. The SMILES string of the molecule is NCc1ccc(-c2nc(-c3ncc(Cl)cc3Cl)no2)nc1. The largest absolute Gasteiger partial charge is 0.332 e. The zero-order valence-electron chi connectivity index (χ0n) is 10.6. The van der Waals surface area contributed by atoms with Crippen molar-refractivity contribution >= 4 is 23.2 Å². The van der Waals surface area contributed by atoms with E-state index in [2.05, 4.69) is 20.1 Å². The Morgan fingerprint density at radius 3 is 2.67 bits per heavy atom. The van der Waals surface area contributed by atoms with Gasteiger partial charge in [0.2, 0.25) is 5.82 Å². The van der Waals surface area contributed by atoms with Crippen LogP contribution in [0.2, 0.25) is 10.0 Å². The van der Waals surface area contributed by atoms with Crippen LogP contribution in [-0.2, 0) is 6.54 Å². The van der Waals surface area contributed by atoms with Crippen LogP contribution in [-0.4, -0.2) is 20.1 Å². The van der Waals surface area contributed by atoms with Crippen molar-refractivity contribution in [2.24, 2.45) is 5.73 Å². The van der Waals surface area contributed by atoms with Gasteiger partial charge in [0.1, 0.15) is 11.4 Å². The first-order valence-electron chi connectivity index (χ1n) is 5.98. The van der Waals surface area contributed by atoms with Gasteiger partial charge in [0.15, 0.2) is 0 Å². The number of hydrogen-bond acceptors (Lipinski definition) is 6. The van der Waals surface area contributed by atoms with Gasteiger partial charge in [-0.25, -0.2) is 4.98 Å². The Labute approximate surface area is 129 Å². The Kier molecular flexibility index (Phi) is 3.83. The van der Waals surface area contributed by atoms with Gasteiger partial charge in [0.05, 0.1) is 10.0 Å². The first-order chi connectivity index (χ1) is 10.2. The summed E-state index contributed by atoms with van der Waals surface area (Å²) < 4.78 is 5.18. The Bertz CT molecular complexity index is 772. The summed E-state index contributed by atoms with van der Waals surface area (Å²) in [4.78, 5) is 12.5. The smallest absolute Gasteiger partial charge is 0.276 e. The van der Waals surface area contributed by atoms with Crippen molar-refractivity contribution in [3.63, 3.8) is 0 Å². The molecule has 2 N–H and O–H groups in total. The van der Waals surface area contributed by atoms with E-state index in [0.29, 0.717) is 28.0 Å². The summed E-state index contributed by atoms with van der Waals surface area (Å²) in [6.07, 6.45) is 3.12. The molecule has 0 aromatic carbocycles. The maximum absolute atomic E-state index is 6.06. The molecule has 0 aliphatic rings. The van der Waals surface area contributed by atoms with Crippen molar-refractivity contribution in [1.82, 2.24) is 20.1 Å². The van der Waals surface area contributed by atoms with E-state index in [1.54, 1.807) is 18.3 Å². The van der Waals surface area contributed by atoms with Crippen molar-refractivity contribution in [3.05, 3.63) is 46.2 Å². The Hall–Kier alpha value is -2.02. The Morgan fingerprint density at radius 2 is 2.00 bits per heavy atom. The Balaban J connectivity index is 1.95. The van der Waals surface area contributed by atoms with E-state index in [0.717, 1.165) is 5.56 Å². The summed E-state index contributed by atoms with van der Waals surface area (Å²) in [5.41, 5.74) is 7.39. The maximum atomic E-state index is 6.06. The Morgan fingerprint density at radius 1 is 1.14 bits per heavy atom. The number of aromatic nitrogens is 4. The normalized spacial score (nSPS) is 10.8. The molecule has 0 saturated heterocycles. The maximum Gasteiger partial charge on any atom is 0.276 e. The fraction of sp³-hybridized carbons (Fsp3) is 0.0769. The van der Waals surface area contributed by atoms with Crippen LogP contribution < -0.4 is 5.73 Å². The molecule has 0 spiro atoms. The molecule has 6 nitrogen and oxygen atoms in total. The van der Waals surface area contributed by atoms with Gasteiger partial charge < -0.3 is 10.3 Å². The van der Waals surface area contributed by atoms with E-state index in [9.17, 15) is 0 Å². The number of halogens is 2. The summed E-state index contributed by atoms with van der Waals surface area (Å²) in [7, 11) is 0. The van der Waals surface area contributed by atoms with Gasteiger partial charge in [-0.2, -0.15) is 4.98 Å².